The summed E-state index contributed by atoms with van der Waals surface area (Å²) in [6.45, 7) is 2.10. The lowest BCUT2D eigenvalue weighted by molar-refractivity contribution is -0.112. The molecule has 7 heteroatoms. The van der Waals surface area contributed by atoms with Gasteiger partial charge in [0.2, 0.25) is 0 Å². The first kappa shape index (κ1) is 18.5. The summed E-state index contributed by atoms with van der Waals surface area (Å²) in [5.74, 6) is -1.20. The standard InChI is InChI=1S/C18H14BrFN2O3/c1-2-25-16-9-11(8-13(19)17(16)23)7-12(10-21)18(24)22-15-6-4-3-5-14(15)20/h3-9,23H,2H2,1H3,(H,22,24)/b12-7-. The van der Waals surface area contributed by atoms with Gasteiger partial charge in [0.1, 0.15) is 17.5 Å². The van der Waals surface area contributed by atoms with Crippen molar-refractivity contribution in [2.45, 2.75) is 6.92 Å². The van der Waals surface area contributed by atoms with Gasteiger partial charge in [-0.15, -0.1) is 0 Å². The molecular formula is C18H14BrFN2O3. The van der Waals surface area contributed by atoms with Crippen LogP contribution in [-0.4, -0.2) is 17.6 Å². The lowest BCUT2D eigenvalue weighted by Crippen LogP contribution is -2.14. The number of phenolic OH excluding ortho intramolecular Hbond substituents is 1. The molecule has 1 amide bonds. The van der Waals surface area contributed by atoms with Crippen LogP contribution in [0.4, 0.5) is 10.1 Å². The van der Waals surface area contributed by atoms with E-state index >= 15 is 0 Å². The van der Waals surface area contributed by atoms with Crippen LogP contribution in [0.2, 0.25) is 0 Å². The minimum atomic E-state index is -0.741. The van der Waals surface area contributed by atoms with Crippen LogP contribution in [0.15, 0.2) is 46.4 Å². The maximum Gasteiger partial charge on any atom is 0.266 e. The molecule has 2 aromatic carbocycles. The number of anilines is 1. The number of hydrogen-bond donors (Lipinski definition) is 2. The fourth-order valence-electron chi connectivity index (χ4n) is 2.01. The third-order valence-electron chi connectivity index (χ3n) is 3.15. The number of carbonyl (C=O) groups excluding carboxylic acids is 1. The van der Waals surface area contributed by atoms with Gasteiger partial charge in [-0.3, -0.25) is 4.79 Å². The van der Waals surface area contributed by atoms with Crippen molar-refractivity contribution >= 4 is 33.6 Å². The Morgan fingerprint density at radius 3 is 2.80 bits per heavy atom. The van der Waals surface area contributed by atoms with Gasteiger partial charge in [-0.05, 0) is 58.8 Å². The predicted molar refractivity (Wildman–Crippen MR) is 95.6 cm³/mol. The van der Waals surface area contributed by atoms with Gasteiger partial charge in [-0.1, -0.05) is 12.1 Å². The summed E-state index contributed by atoms with van der Waals surface area (Å²) in [6.07, 6.45) is 1.32. The van der Waals surface area contributed by atoms with E-state index in [9.17, 15) is 19.6 Å². The predicted octanol–water partition coefficient (Wildman–Crippen LogP) is 4.24. The van der Waals surface area contributed by atoms with E-state index in [-0.39, 0.29) is 22.8 Å². The fourth-order valence-corrected chi connectivity index (χ4v) is 2.47. The minimum absolute atomic E-state index is 0.0180. The van der Waals surface area contributed by atoms with Crippen molar-refractivity contribution in [3.05, 3.63) is 57.8 Å². The topological polar surface area (TPSA) is 82.3 Å². The molecule has 0 aliphatic heterocycles. The number of amides is 1. The molecule has 2 rings (SSSR count). The van der Waals surface area contributed by atoms with Crippen molar-refractivity contribution < 1.29 is 19.0 Å². The van der Waals surface area contributed by atoms with Crippen LogP contribution in [-0.2, 0) is 4.79 Å². The zero-order chi connectivity index (χ0) is 18.4. The Morgan fingerprint density at radius 1 is 1.44 bits per heavy atom. The molecule has 0 fully saturated rings. The van der Waals surface area contributed by atoms with Crippen LogP contribution in [0.1, 0.15) is 12.5 Å². The van der Waals surface area contributed by atoms with Crippen molar-refractivity contribution in [1.29, 1.82) is 5.26 Å². The number of benzene rings is 2. The van der Waals surface area contributed by atoms with Crippen LogP contribution in [0.3, 0.4) is 0 Å². The normalized spacial score (nSPS) is 10.9. The Balaban J connectivity index is 2.32. The number of nitriles is 1. The maximum atomic E-state index is 13.6. The quantitative estimate of drug-likeness (QED) is 0.576. The molecule has 0 saturated heterocycles. The number of ether oxygens (including phenoxy) is 1. The van der Waals surface area contributed by atoms with Gasteiger partial charge in [0.05, 0.1) is 16.8 Å². The van der Waals surface area contributed by atoms with E-state index in [1.807, 2.05) is 0 Å². The highest BCUT2D eigenvalue weighted by molar-refractivity contribution is 9.10. The maximum absolute atomic E-state index is 13.6. The van der Waals surface area contributed by atoms with Crippen molar-refractivity contribution in [3.63, 3.8) is 0 Å². The molecule has 0 aromatic heterocycles. The third kappa shape index (κ3) is 4.58. The summed E-state index contributed by atoms with van der Waals surface area (Å²) in [5, 5.41) is 21.5. The minimum Gasteiger partial charge on any atom is -0.503 e. The molecule has 0 spiro atoms. The first-order chi connectivity index (χ1) is 12.0. The van der Waals surface area contributed by atoms with Gasteiger partial charge in [0.15, 0.2) is 11.5 Å². The van der Waals surface area contributed by atoms with Crippen LogP contribution in [0.5, 0.6) is 11.5 Å². The average molecular weight is 405 g/mol. The molecule has 2 N–H and O–H groups in total. The van der Waals surface area contributed by atoms with Gasteiger partial charge in [-0.25, -0.2) is 4.39 Å². The number of phenols is 1. The fraction of sp³-hybridized carbons (Fsp3) is 0.111. The zero-order valence-electron chi connectivity index (χ0n) is 13.2. The summed E-state index contributed by atoms with van der Waals surface area (Å²) < 4.78 is 19.3. The van der Waals surface area contributed by atoms with Crippen molar-refractivity contribution in [1.82, 2.24) is 0 Å². The second kappa shape index (κ2) is 8.31. The molecule has 0 radical (unpaired) electrons. The monoisotopic (exact) mass is 404 g/mol. The molecule has 0 aliphatic carbocycles. The van der Waals surface area contributed by atoms with E-state index in [1.54, 1.807) is 19.1 Å². The smallest absolute Gasteiger partial charge is 0.266 e. The van der Waals surface area contributed by atoms with E-state index in [0.29, 0.717) is 16.6 Å². The number of aromatic hydroxyl groups is 1. The molecule has 0 saturated carbocycles. The average Bonchev–Trinajstić information content (AvgIpc) is 2.59. The first-order valence-corrected chi connectivity index (χ1v) is 8.08. The number of carbonyl (C=O) groups is 1. The lowest BCUT2D eigenvalue weighted by Gasteiger charge is -2.09. The van der Waals surface area contributed by atoms with Crippen molar-refractivity contribution in [2.75, 3.05) is 11.9 Å². The van der Waals surface area contributed by atoms with Gasteiger partial charge in [-0.2, -0.15) is 5.26 Å². The van der Waals surface area contributed by atoms with Crippen molar-refractivity contribution in [2.24, 2.45) is 0 Å². The largest absolute Gasteiger partial charge is 0.503 e. The summed E-state index contributed by atoms with van der Waals surface area (Å²) in [6, 6.07) is 10.5. The molecule has 2 aromatic rings. The highest BCUT2D eigenvalue weighted by Gasteiger charge is 2.14. The molecule has 0 bridgehead atoms. The van der Waals surface area contributed by atoms with Gasteiger partial charge >= 0.3 is 0 Å². The van der Waals surface area contributed by atoms with Crippen LogP contribution in [0.25, 0.3) is 6.08 Å². The lowest BCUT2D eigenvalue weighted by atomic mass is 10.1. The third-order valence-corrected chi connectivity index (χ3v) is 3.75. The second-order valence-electron chi connectivity index (χ2n) is 4.89. The number of hydrogen-bond acceptors (Lipinski definition) is 4. The molecule has 0 atom stereocenters. The molecule has 5 nitrogen and oxygen atoms in total. The van der Waals surface area contributed by atoms with Crippen LogP contribution < -0.4 is 10.1 Å². The molecule has 25 heavy (non-hydrogen) atoms. The Kier molecular flexibility index (Phi) is 6.14. The first-order valence-electron chi connectivity index (χ1n) is 7.29. The van der Waals surface area contributed by atoms with Gasteiger partial charge in [0, 0.05) is 0 Å². The number of rotatable bonds is 5. The number of nitrogens with zero attached hydrogens (tertiary/aromatic N) is 1. The van der Waals surface area contributed by atoms with E-state index in [2.05, 4.69) is 21.2 Å². The summed E-state index contributed by atoms with van der Waals surface area (Å²) in [4.78, 5) is 12.2. The summed E-state index contributed by atoms with van der Waals surface area (Å²) in [5.41, 5.74) is 0.229. The van der Waals surface area contributed by atoms with E-state index < -0.39 is 11.7 Å². The van der Waals surface area contributed by atoms with E-state index in [0.717, 1.165) is 0 Å². The Hall–Kier alpha value is -2.85. The second-order valence-corrected chi connectivity index (χ2v) is 5.74. The molecular weight excluding hydrogens is 391 g/mol. The van der Waals surface area contributed by atoms with E-state index in [4.69, 9.17) is 4.74 Å². The number of halogens is 2. The van der Waals surface area contributed by atoms with Gasteiger partial charge in [0.25, 0.3) is 5.91 Å². The van der Waals surface area contributed by atoms with Crippen LogP contribution >= 0.6 is 15.9 Å². The highest BCUT2D eigenvalue weighted by Crippen LogP contribution is 2.36. The Morgan fingerprint density at radius 2 is 2.16 bits per heavy atom. The summed E-state index contributed by atoms with van der Waals surface area (Å²) in [7, 11) is 0. The summed E-state index contributed by atoms with van der Waals surface area (Å²) >= 11 is 3.19. The Bertz CT molecular complexity index is 875. The highest BCUT2D eigenvalue weighted by atomic mass is 79.9. The molecule has 0 aliphatic rings. The SMILES string of the molecule is CCOc1cc(/C=C(/C#N)C(=O)Nc2ccccc2F)cc(Br)c1O. The Labute approximate surface area is 152 Å². The van der Waals surface area contributed by atoms with Crippen molar-refractivity contribution in [3.8, 4) is 17.6 Å². The van der Waals surface area contributed by atoms with Crippen LogP contribution in [0, 0.1) is 17.1 Å². The molecule has 0 unspecified atom stereocenters. The number of nitrogens with one attached hydrogen (secondary N) is 1. The molecule has 0 heterocycles. The van der Waals surface area contributed by atoms with E-state index in [1.165, 1.54) is 36.4 Å². The zero-order valence-corrected chi connectivity index (χ0v) is 14.8. The van der Waals surface area contributed by atoms with Gasteiger partial charge < -0.3 is 15.2 Å². The molecule has 128 valence electrons. The number of para-hydroxylation sites is 1.